The summed E-state index contributed by atoms with van der Waals surface area (Å²) in [7, 11) is 0. The largest absolute Gasteiger partial charge is 0.311 e. The van der Waals surface area contributed by atoms with Gasteiger partial charge in [0.05, 0.1) is 0 Å². The Morgan fingerprint density at radius 3 is 2.83 bits per heavy atom. The molecule has 2 fully saturated rings. The van der Waals surface area contributed by atoms with Crippen molar-refractivity contribution in [2.75, 3.05) is 32.7 Å². The minimum atomic E-state index is 0.655. The third-order valence-corrected chi connectivity index (χ3v) is 4.15. The van der Waals surface area contributed by atoms with E-state index in [0.717, 1.165) is 13.1 Å². The Labute approximate surface area is 110 Å². The van der Waals surface area contributed by atoms with Gasteiger partial charge in [-0.2, -0.15) is 0 Å². The third kappa shape index (κ3) is 2.74. The Morgan fingerprint density at radius 1 is 1.17 bits per heavy atom. The van der Waals surface area contributed by atoms with Crippen LogP contribution in [0, 0.1) is 0 Å². The van der Waals surface area contributed by atoms with Crippen molar-refractivity contribution in [3.8, 4) is 0 Å². The highest BCUT2D eigenvalue weighted by Gasteiger charge is 2.30. The molecule has 2 aliphatic rings. The van der Waals surface area contributed by atoms with Crippen LogP contribution in [0.25, 0.3) is 0 Å². The second-order valence-electron chi connectivity index (χ2n) is 5.68. The predicted octanol–water partition coefficient (Wildman–Crippen LogP) is 1.16. The quantitative estimate of drug-likeness (QED) is 0.843. The predicted molar refractivity (Wildman–Crippen MR) is 74.5 cm³/mol. The van der Waals surface area contributed by atoms with E-state index in [0.29, 0.717) is 12.1 Å². The molecule has 1 aromatic rings. The van der Waals surface area contributed by atoms with E-state index in [1.807, 2.05) is 0 Å². The van der Waals surface area contributed by atoms with E-state index in [1.165, 1.54) is 31.7 Å². The smallest absolute Gasteiger partial charge is 0.0349 e. The fraction of sp³-hybridized carbons (Fsp3) is 0.600. The van der Waals surface area contributed by atoms with Gasteiger partial charge in [0, 0.05) is 51.4 Å². The molecule has 3 rings (SSSR count). The summed E-state index contributed by atoms with van der Waals surface area (Å²) in [4.78, 5) is 5.25. The summed E-state index contributed by atoms with van der Waals surface area (Å²) in [6, 6.07) is 12.2. The first-order chi connectivity index (χ1) is 8.81. The van der Waals surface area contributed by atoms with Gasteiger partial charge in [0.15, 0.2) is 0 Å². The topological polar surface area (TPSA) is 18.5 Å². The van der Waals surface area contributed by atoms with Gasteiger partial charge in [-0.05, 0) is 12.5 Å². The Balaban J connectivity index is 1.58. The van der Waals surface area contributed by atoms with Crippen molar-refractivity contribution in [3.63, 3.8) is 0 Å². The lowest BCUT2D eigenvalue weighted by Gasteiger charge is -2.46. The van der Waals surface area contributed by atoms with Crippen LogP contribution in [0.15, 0.2) is 30.3 Å². The summed E-state index contributed by atoms with van der Waals surface area (Å²) in [6.45, 7) is 9.37. The van der Waals surface area contributed by atoms with Crippen LogP contribution in [0.5, 0.6) is 0 Å². The number of hydrogen-bond donors (Lipinski definition) is 1. The second kappa shape index (κ2) is 5.39. The highest BCUT2D eigenvalue weighted by atomic mass is 15.3. The van der Waals surface area contributed by atoms with Crippen molar-refractivity contribution >= 4 is 0 Å². The Morgan fingerprint density at radius 2 is 2.00 bits per heavy atom. The first kappa shape index (κ1) is 12.2. The zero-order valence-corrected chi connectivity index (χ0v) is 11.2. The van der Waals surface area contributed by atoms with Crippen LogP contribution in [0.3, 0.4) is 0 Å². The zero-order valence-electron chi connectivity index (χ0n) is 11.2. The number of nitrogens with one attached hydrogen (secondary N) is 1. The summed E-state index contributed by atoms with van der Waals surface area (Å²) < 4.78 is 0. The molecule has 98 valence electrons. The lowest BCUT2D eigenvalue weighted by Crippen LogP contribution is -2.63. The molecule has 2 saturated heterocycles. The fourth-order valence-electron chi connectivity index (χ4n) is 3.13. The third-order valence-electron chi connectivity index (χ3n) is 4.15. The van der Waals surface area contributed by atoms with Gasteiger partial charge >= 0.3 is 0 Å². The van der Waals surface area contributed by atoms with Gasteiger partial charge in [0.1, 0.15) is 0 Å². The summed E-state index contributed by atoms with van der Waals surface area (Å²) in [6.07, 6.45) is 0. The molecular formula is C15H23N3. The molecular weight excluding hydrogens is 222 g/mol. The van der Waals surface area contributed by atoms with E-state index < -0.39 is 0 Å². The molecule has 2 aliphatic heterocycles. The zero-order chi connectivity index (χ0) is 12.4. The van der Waals surface area contributed by atoms with E-state index in [-0.39, 0.29) is 0 Å². The van der Waals surface area contributed by atoms with Crippen LogP contribution in [-0.2, 0) is 6.54 Å². The molecule has 1 N–H and O–H groups in total. The molecule has 2 heterocycles. The molecule has 0 spiro atoms. The summed E-state index contributed by atoms with van der Waals surface area (Å²) in [5.74, 6) is 0. The molecule has 0 aliphatic carbocycles. The summed E-state index contributed by atoms with van der Waals surface area (Å²) in [5.41, 5.74) is 1.43. The maximum absolute atomic E-state index is 3.60. The number of hydrogen-bond acceptors (Lipinski definition) is 3. The molecule has 0 aromatic heterocycles. The van der Waals surface area contributed by atoms with Crippen LogP contribution in [0.2, 0.25) is 0 Å². The highest BCUT2D eigenvalue weighted by Crippen LogP contribution is 2.15. The van der Waals surface area contributed by atoms with Crippen LogP contribution < -0.4 is 5.32 Å². The van der Waals surface area contributed by atoms with Gasteiger partial charge in [0.25, 0.3) is 0 Å². The number of rotatable bonds is 2. The highest BCUT2D eigenvalue weighted by molar-refractivity contribution is 5.14. The summed E-state index contributed by atoms with van der Waals surface area (Å²) in [5, 5.41) is 3.60. The maximum Gasteiger partial charge on any atom is 0.0349 e. The lowest BCUT2D eigenvalue weighted by molar-refractivity contribution is 0.0416. The molecule has 1 unspecified atom stereocenters. The van der Waals surface area contributed by atoms with E-state index in [9.17, 15) is 0 Å². The Kier molecular flexibility index (Phi) is 3.64. The first-order valence-electron chi connectivity index (χ1n) is 7.05. The van der Waals surface area contributed by atoms with Crippen molar-refractivity contribution in [1.29, 1.82) is 0 Å². The van der Waals surface area contributed by atoms with Gasteiger partial charge < -0.3 is 5.32 Å². The number of nitrogens with zero attached hydrogens (tertiary/aromatic N) is 2. The average Bonchev–Trinajstić information content (AvgIpc) is 2.40. The molecule has 3 heteroatoms. The fourth-order valence-corrected chi connectivity index (χ4v) is 3.13. The van der Waals surface area contributed by atoms with Crippen molar-refractivity contribution < 1.29 is 0 Å². The molecule has 0 bridgehead atoms. The molecule has 18 heavy (non-hydrogen) atoms. The number of fused-ring (bicyclic) bond motifs is 1. The SMILES string of the molecule is C[C@H]1CN2CCN(Cc3ccccc3)CC2CN1. The Bertz CT molecular complexity index is 379. The maximum atomic E-state index is 3.60. The molecule has 3 nitrogen and oxygen atoms in total. The van der Waals surface area contributed by atoms with Gasteiger partial charge in [-0.25, -0.2) is 0 Å². The van der Waals surface area contributed by atoms with Crippen molar-refractivity contribution in [2.45, 2.75) is 25.6 Å². The molecule has 0 amide bonds. The summed E-state index contributed by atoms with van der Waals surface area (Å²) >= 11 is 0. The van der Waals surface area contributed by atoms with Crippen LogP contribution in [0.1, 0.15) is 12.5 Å². The van der Waals surface area contributed by atoms with Gasteiger partial charge in [-0.3, -0.25) is 9.80 Å². The van der Waals surface area contributed by atoms with Gasteiger partial charge in [0.2, 0.25) is 0 Å². The van der Waals surface area contributed by atoms with E-state index in [4.69, 9.17) is 0 Å². The molecule has 0 radical (unpaired) electrons. The van der Waals surface area contributed by atoms with Gasteiger partial charge in [-0.1, -0.05) is 30.3 Å². The van der Waals surface area contributed by atoms with E-state index >= 15 is 0 Å². The van der Waals surface area contributed by atoms with Crippen molar-refractivity contribution in [1.82, 2.24) is 15.1 Å². The normalized spacial score (nSPS) is 30.1. The first-order valence-corrected chi connectivity index (χ1v) is 7.05. The molecule has 2 atom stereocenters. The molecule has 1 aromatic carbocycles. The van der Waals surface area contributed by atoms with Crippen LogP contribution in [0.4, 0.5) is 0 Å². The van der Waals surface area contributed by atoms with Crippen molar-refractivity contribution in [2.24, 2.45) is 0 Å². The minimum absolute atomic E-state index is 0.655. The Hall–Kier alpha value is -0.900. The second-order valence-corrected chi connectivity index (χ2v) is 5.68. The number of piperazine rings is 2. The van der Waals surface area contributed by atoms with Crippen LogP contribution in [-0.4, -0.2) is 54.6 Å². The lowest BCUT2D eigenvalue weighted by atomic mass is 10.1. The van der Waals surface area contributed by atoms with Crippen molar-refractivity contribution in [3.05, 3.63) is 35.9 Å². The number of benzene rings is 1. The monoisotopic (exact) mass is 245 g/mol. The standard InChI is InChI=1S/C15H23N3/c1-13-10-18-8-7-17(12-15(18)9-16-13)11-14-5-3-2-4-6-14/h2-6,13,15-16H,7-12H2,1H3/t13-,15?/m0/s1. The molecule has 0 saturated carbocycles. The van der Waals surface area contributed by atoms with E-state index in [2.05, 4.69) is 52.4 Å². The van der Waals surface area contributed by atoms with Gasteiger partial charge in [-0.15, -0.1) is 0 Å². The van der Waals surface area contributed by atoms with Crippen LogP contribution >= 0.6 is 0 Å². The minimum Gasteiger partial charge on any atom is -0.311 e. The average molecular weight is 245 g/mol. The van der Waals surface area contributed by atoms with E-state index in [1.54, 1.807) is 0 Å².